The molecule has 0 saturated heterocycles. The third-order valence-corrected chi connectivity index (χ3v) is 5.67. The van der Waals surface area contributed by atoms with E-state index in [0.29, 0.717) is 18.4 Å². The molecule has 0 aliphatic heterocycles. The molecule has 2 aromatic carbocycles. The lowest BCUT2D eigenvalue weighted by molar-refractivity contribution is -0.140. The third-order valence-electron chi connectivity index (χ3n) is 4.95. The smallest absolute Gasteiger partial charge is 0.305 e. The minimum Gasteiger partial charge on any atom is -0.469 e. The van der Waals surface area contributed by atoms with Crippen LogP contribution in [0.1, 0.15) is 33.7 Å². The molecule has 30 heavy (non-hydrogen) atoms. The second kappa shape index (κ2) is 9.63. The predicted octanol–water partition coefficient (Wildman–Crippen LogP) is 4.57. The number of thioether (sulfide) groups is 1. The van der Waals surface area contributed by atoms with Gasteiger partial charge in [-0.25, -0.2) is 4.68 Å². The second-order valence-electron chi connectivity index (χ2n) is 6.87. The van der Waals surface area contributed by atoms with E-state index in [4.69, 9.17) is 4.74 Å². The molecule has 3 rings (SSSR count). The van der Waals surface area contributed by atoms with Crippen LogP contribution in [0.5, 0.6) is 0 Å². The number of aromatic nitrogens is 2. The van der Waals surface area contributed by atoms with Gasteiger partial charge in [0.15, 0.2) is 0 Å². The number of rotatable bonds is 7. The van der Waals surface area contributed by atoms with Gasteiger partial charge in [0.2, 0.25) is 0 Å². The standard InChI is InChI=1S/C23H25N3O3S/c1-15-21(12-13-22(27)29-3)16(2)26(25-15)19-10-8-17(9-11-19)23(28)24-18-6-5-7-20(14-18)30-4/h5-11,14H,12-13H2,1-4H3,(H,24,28). The molecule has 0 saturated carbocycles. The van der Waals surface area contributed by atoms with E-state index < -0.39 is 0 Å². The van der Waals surface area contributed by atoms with Gasteiger partial charge in [0, 0.05) is 28.3 Å². The molecule has 156 valence electrons. The number of aryl methyl sites for hydroxylation is 1. The monoisotopic (exact) mass is 423 g/mol. The van der Waals surface area contributed by atoms with Crippen molar-refractivity contribution in [2.45, 2.75) is 31.6 Å². The van der Waals surface area contributed by atoms with Crippen molar-refractivity contribution in [1.29, 1.82) is 0 Å². The van der Waals surface area contributed by atoms with Crippen LogP contribution in [-0.4, -0.2) is 35.0 Å². The molecule has 1 aromatic heterocycles. The van der Waals surface area contributed by atoms with E-state index in [1.165, 1.54) is 7.11 Å². The van der Waals surface area contributed by atoms with E-state index in [0.717, 1.165) is 33.2 Å². The Labute approximate surface area is 180 Å². The Hall–Kier alpha value is -3.06. The zero-order valence-corrected chi connectivity index (χ0v) is 18.4. The maximum absolute atomic E-state index is 12.6. The fraction of sp³-hybridized carbons (Fsp3) is 0.261. The van der Waals surface area contributed by atoms with E-state index in [1.807, 2.05) is 61.2 Å². The predicted molar refractivity (Wildman–Crippen MR) is 120 cm³/mol. The summed E-state index contributed by atoms with van der Waals surface area (Å²) in [5, 5.41) is 7.54. The highest BCUT2D eigenvalue weighted by Crippen LogP contribution is 2.22. The zero-order chi connectivity index (χ0) is 21.7. The first kappa shape index (κ1) is 21.6. The number of hydrogen-bond donors (Lipinski definition) is 1. The molecule has 0 spiro atoms. The number of carbonyl (C=O) groups is 2. The second-order valence-corrected chi connectivity index (χ2v) is 7.75. The number of benzene rings is 2. The number of hydrogen-bond acceptors (Lipinski definition) is 5. The summed E-state index contributed by atoms with van der Waals surface area (Å²) in [6, 6.07) is 15.1. The van der Waals surface area contributed by atoms with Gasteiger partial charge in [0.25, 0.3) is 5.91 Å². The fourth-order valence-electron chi connectivity index (χ4n) is 3.28. The molecule has 1 heterocycles. The first-order valence-corrected chi connectivity index (χ1v) is 10.8. The average molecular weight is 424 g/mol. The van der Waals surface area contributed by atoms with E-state index in [-0.39, 0.29) is 11.9 Å². The molecule has 0 bridgehead atoms. The Morgan fingerprint density at radius 2 is 1.87 bits per heavy atom. The van der Waals surface area contributed by atoms with Crippen molar-refractivity contribution in [3.05, 3.63) is 71.0 Å². The topological polar surface area (TPSA) is 73.2 Å². The minimum absolute atomic E-state index is 0.160. The number of anilines is 1. The summed E-state index contributed by atoms with van der Waals surface area (Å²) in [6.07, 6.45) is 2.90. The van der Waals surface area contributed by atoms with Gasteiger partial charge in [-0.3, -0.25) is 9.59 Å². The molecule has 6 nitrogen and oxygen atoms in total. The van der Waals surface area contributed by atoms with Crippen molar-refractivity contribution in [3.63, 3.8) is 0 Å². The van der Waals surface area contributed by atoms with Gasteiger partial charge in [-0.05, 0) is 74.6 Å². The number of ether oxygens (including phenoxy) is 1. The van der Waals surface area contributed by atoms with Crippen molar-refractivity contribution in [3.8, 4) is 5.69 Å². The molecule has 1 N–H and O–H groups in total. The Balaban J connectivity index is 1.75. The molecule has 7 heteroatoms. The molecule has 0 fully saturated rings. The Kier molecular flexibility index (Phi) is 6.95. The van der Waals surface area contributed by atoms with Crippen LogP contribution in [0, 0.1) is 13.8 Å². The molecule has 0 radical (unpaired) electrons. The van der Waals surface area contributed by atoms with E-state index in [9.17, 15) is 9.59 Å². The maximum atomic E-state index is 12.6. The van der Waals surface area contributed by atoms with Crippen LogP contribution >= 0.6 is 11.8 Å². The number of methoxy groups -OCH3 is 1. The van der Waals surface area contributed by atoms with Crippen molar-refractivity contribution in [1.82, 2.24) is 9.78 Å². The number of nitrogens with zero attached hydrogens (tertiary/aromatic N) is 2. The van der Waals surface area contributed by atoms with Gasteiger partial charge in [0.05, 0.1) is 18.5 Å². The van der Waals surface area contributed by atoms with Crippen molar-refractivity contribution >= 4 is 29.3 Å². The highest BCUT2D eigenvalue weighted by Gasteiger charge is 2.15. The molecule has 0 aliphatic carbocycles. The van der Waals surface area contributed by atoms with Crippen molar-refractivity contribution in [2.24, 2.45) is 0 Å². The molecule has 0 atom stereocenters. The van der Waals surface area contributed by atoms with Gasteiger partial charge < -0.3 is 10.1 Å². The molecule has 1 amide bonds. The van der Waals surface area contributed by atoms with Crippen LogP contribution in [-0.2, 0) is 16.0 Å². The summed E-state index contributed by atoms with van der Waals surface area (Å²) in [4.78, 5) is 25.1. The lowest BCUT2D eigenvalue weighted by Gasteiger charge is -2.09. The van der Waals surface area contributed by atoms with Crippen LogP contribution in [0.25, 0.3) is 5.69 Å². The summed E-state index contributed by atoms with van der Waals surface area (Å²) < 4.78 is 6.57. The summed E-state index contributed by atoms with van der Waals surface area (Å²) in [7, 11) is 1.39. The van der Waals surface area contributed by atoms with E-state index in [1.54, 1.807) is 23.9 Å². The summed E-state index contributed by atoms with van der Waals surface area (Å²) in [6.45, 7) is 3.91. The number of esters is 1. The first-order valence-electron chi connectivity index (χ1n) is 9.60. The first-order chi connectivity index (χ1) is 14.4. The van der Waals surface area contributed by atoms with E-state index >= 15 is 0 Å². The Morgan fingerprint density at radius 1 is 1.13 bits per heavy atom. The number of amides is 1. The molecule has 0 unspecified atom stereocenters. The molecular formula is C23H25N3O3S. The van der Waals surface area contributed by atoms with Crippen LogP contribution in [0.15, 0.2) is 53.4 Å². The fourth-order valence-corrected chi connectivity index (χ4v) is 3.73. The normalized spacial score (nSPS) is 10.7. The third kappa shape index (κ3) is 4.91. The van der Waals surface area contributed by atoms with Gasteiger partial charge in [-0.15, -0.1) is 11.8 Å². The lowest BCUT2D eigenvalue weighted by Crippen LogP contribution is -2.12. The maximum Gasteiger partial charge on any atom is 0.305 e. The van der Waals surface area contributed by atoms with Gasteiger partial charge in [-0.1, -0.05) is 6.07 Å². The van der Waals surface area contributed by atoms with Crippen molar-refractivity contribution in [2.75, 3.05) is 18.7 Å². The summed E-state index contributed by atoms with van der Waals surface area (Å²) in [5.41, 5.74) is 5.09. The van der Waals surface area contributed by atoms with Crippen LogP contribution in [0.4, 0.5) is 5.69 Å². The van der Waals surface area contributed by atoms with E-state index in [2.05, 4.69) is 10.4 Å². The molecular weight excluding hydrogens is 398 g/mol. The highest BCUT2D eigenvalue weighted by molar-refractivity contribution is 7.98. The Bertz CT molecular complexity index is 1060. The van der Waals surface area contributed by atoms with Crippen molar-refractivity contribution < 1.29 is 14.3 Å². The summed E-state index contributed by atoms with van der Waals surface area (Å²) >= 11 is 1.63. The average Bonchev–Trinajstić information content (AvgIpc) is 3.05. The van der Waals surface area contributed by atoms with Crippen LogP contribution in [0.3, 0.4) is 0 Å². The Morgan fingerprint density at radius 3 is 2.53 bits per heavy atom. The largest absolute Gasteiger partial charge is 0.469 e. The summed E-state index contributed by atoms with van der Waals surface area (Å²) in [5.74, 6) is -0.396. The SMILES string of the molecule is COC(=O)CCc1c(C)nn(-c2ccc(C(=O)Nc3cccc(SC)c3)cc2)c1C. The number of carbonyl (C=O) groups excluding carboxylic acids is 2. The minimum atomic E-state index is -0.236. The molecule has 0 aliphatic rings. The van der Waals surface area contributed by atoms with Crippen LogP contribution < -0.4 is 5.32 Å². The van der Waals surface area contributed by atoms with Crippen LogP contribution in [0.2, 0.25) is 0 Å². The zero-order valence-electron chi connectivity index (χ0n) is 17.6. The van der Waals surface area contributed by atoms with Gasteiger partial charge >= 0.3 is 5.97 Å². The van der Waals surface area contributed by atoms with Gasteiger partial charge in [0.1, 0.15) is 0 Å². The quantitative estimate of drug-likeness (QED) is 0.445. The highest BCUT2D eigenvalue weighted by atomic mass is 32.2. The van der Waals surface area contributed by atoms with Gasteiger partial charge in [-0.2, -0.15) is 5.10 Å². The molecule has 3 aromatic rings. The number of nitrogens with one attached hydrogen (secondary N) is 1. The lowest BCUT2D eigenvalue weighted by atomic mass is 10.1.